The molecule has 0 aliphatic carbocycles. The number of hydrogen-bond donors (Lipinski definition) is 2. The largest absolute Gasteiger partial charge is 0.357 e. The summed E-state index contributed by atoms with van der Waals surface area (Å²) in [6.07, 6.45) is 0. The molecule has 0 saturated heterocycles. The number of carbonyl (C=O) groups is 1. The molecular formula is C20H26N4O. The standard InChI is InChI=1S/C20H26N4O/c1-4-21-20(24(3)15-17-11-9-8-10-16(17)2)22-14-19(25)23-18-12-6-5-7-13-18/h5-13H,4,14-15H2,1-3H3,(H,21,22)(H,23,25). The van der Waals surface area contributed by atoms with E-state index in [1.54, 1.807) is 0 Å². The van der Waals surface area contributed by atoms with Crippen molar-refractivity contribution in [2.45, 2.75) is 20.4 Å². The van der Waals surface area contributed by atoms with E-state index in [1.807, 2.05) is 61.3 Å². The van der Waals surface area contributed by atoms with Crippen LogP contribution in [0, 0.1) is 6.92 Å². The van der Waals surface area contributed by atoms with Gasteiger partial charge in [-0.3, -0.25) is 4.79 Å². The molecule has 0 fully saturated rings. The Morgan fingerprint density at radius 3 is 2.44 bits per heavy atom. The predicted octanol–water partition coefficient (Wildman–Crippen LogP) is 3.03. The number of carbonyl (C=O) groups excluding carboxylic acids is 1. The van der Waals surface area contributed by atoms with Gasteiger partial charge in [-0.25, -0.2) is 4.99 Å². The molecule has 2 aromatic rings. The highest BCUT2D eigenvalue weighted by Crippen LogP contribution is 2.09. The van der Waals surface area contributed by atoms with Crippen LogP contribution in [0.3, 0.4) is 0 Å². The number of anilines is 1. The lowest BCUT2D eigenvalue weighted by Gasteiger charge is -2.23. The van der Waals surface area contributed by atoms with Gasteiger partial charge in [-0.2, -0.15) is 0 Å². The predicted molar refractivity (Wildman–Crippen MR) is 104 cm³/mol. The molecule has 0 bridgehead atoms. The van der Waals surface area contributed by atoms with Crippen LogP contribution in [0.4, 0.5) is 5.69 Å². The van der Waals surface area contributed by atoms with Gasteiger partial charge in [0.15, 0.2) is 5.96 Å². The fourth-order valence-electron chi connectivity index (χ4n) is 2.46. The van der Waals surface area contributed by atoms with Crippen LogP contribution in [0.15, 0.2) is 59.6 Å². The molecule has 2 N–H and O–H groups in total. The van der Waals surface area contributed by atoms with Crippen molar-refractivity contribution in [1.29, 1.82) is 0 Å². The third kappa shape index (κ3) is 5.95. The molecule has 2 rings (SSSR count). The van der Waals surface area contributed by atoms with Gasteiger partial charge >= 0.3 is 0 Å². The van der Waals surface area contributed by atoms with Crippen LogP contribution in [-0.4, -0.2) is 36.9 Å². The topological polar surface area (TPSA) is 56.7 Å². The smallest absolute Gasteiger partial charge is 0.246 e. The van der Waals surface area contributed by atoms with E-state index < -0.39 is 0 Å². The first-order chi connectivity index (χ1) is 12.1. The van der Waals surface area contributed by atoms with Crippen molar-refractivity contribution in [3.63, 3.8) is 0 Å². The van der Waals surface area contributed by atoms with E-state index in [1.165, 1.54) is 11.1 Å². The highest BCUT2D eigenvalue weighted by Gasteiger charge is 2.09. The number of rotatable bonds is 6. The van der Waals surface area contributed by atoms with Gasteiger partial charge in [-0.15, -0.1) is 0 Å². The Morgan fingerprint density at radius 1 is 1.08 bits per heavy atom. The van der Waals surface area contributed by atoms with Crippen LogP contribution < -0.4 is 10.6 Å². The van der Waals surface area contributed by atoms with Gasteiger partial charge in [-0.05, 0) is 37.1 Å². The SMILES string of the molecule is CCNC(=NCC(=O)Nc1ccccc1)N(C)Cc1ccccc1C. The maximum Gasteiger partial charge on any atom is 0.246 e. The Hall–Kier alpha value is -2.82. The molecule has 0 unspecified atom stereocenters. The number of guanidine groups is 1. The third-order valence-corrected chi connectivity index (χ3v) is 3.80. The second kappa shape index (κ2) is 9.47. The monoisotopic (exact) mass is 338 g/mol. The number of benzene rings is 2. The molecule has 0 aliphatic rings. The van der Waals surface area contributed by atoms with Gasteiger partial charge in [0.1, 0.15) is 6.54 Å². The Kier molecular flexibility index (Phi) is 7.01. The lowest BCUT2D eigenvalue weighted by molar-refractivity contribution is -0.114. The highest BCUT2D eigenvalue weighted by atomic mass is 16.1. The van der Waals surface area contributed by atoms with Gasteiger partial charge in [-0.1, -0.05) is 42.5 Å². The van der Waals surface area contributed by atoms with E-state index in [9.17, 15) is 4.79 Å². The summed E-state index contributed by atoms with van der Waals surface area (Å²) in [5.41, 5.74) is 3.26. The van der Waals surface area contributed by atoms with Crippen LogP contribution in [0.25, 0.3) is 0 Å². The number of para-hydroxylation sites is 1. The first kappa shape index (κ1) is 18.5. The second-order valence-electron chi connectivity index (χ2n) is 5.87. The summed E-state index contributed by atoms with van der Waals surface area (Å²) in [7, 11) is 1.98. The minimum atomic E-state index is -0.133. The van der Waals surface area contributed by atoms with Gasteiger partial charge in [0.2, 0.25) is 5.91 Å². The molecule has 1 amide bonds. The molecule has 0 aliphatic heterocycles. The van der Waals surface area contributed by atoms with Crippen molar-refractivity contribution in [2.24, 2.45) is 4.99 Å². The Morgan fingerprint density at radius 2 is 1.76 bits per heavy atom. The number of amides is 1. The fourth-order valence-corrected chi connectivity index (χ4v) is 2.46. The van der Waals surface area contributed by atoms with Crippen LogP contribution in [0.1, 0.15) is 18.1 Å². The molecular weight excluding hydrogens is 312 g/mol. The summed E-state index contributed by atoms with van der Waals surface area (Å²) >= 11 is 0. The van der Waals surface area contributed by atoms with E-state index in [2.05, 4.69) is 34.7 Å². The van der Waals surface area contributed by atoms with Gasteiger partial charge in [0, 0.05) is 25.8 Å². The van der Waals surface area contributed by atoms with E-state index in [0.717, 1.165) is 18.8 Å². The zero-order valence-electron chi connectivity index (χ0n) is 15.1. The number of nitrogens with zero attached hydrogens (tertiary/aromatic N) is 2. The molecule has 0 radical (unpaired) electrons. The van der Waals surface area contributed by atoms with Crippen LogP contribution in [0.2, 0.25) is 0 Å². The van der Waals surface area contributed by atoms with Crippen LogP contribution >= 0.6 is 0 Å². The molecule has 0 atom stereocenters. The average Bonchev–Trinajstić information content (AvgIpc) is 2.61. The summed E-state index contributed by atoms with van der Waals surface area (Å²) < 4.78 is 0. The third-order valence-electron chi connectivity index (χ3n) is 3.80. The summed E-state index contributed by atoms with van der Waals surface area (Å²) in [5.74, 6) is 0.583. The van der Waals surface area contributed by atoms with E-state index in [-0.39, 0.29) is 12.5 Å². The quantitative estimate of drug-likeness (QED) is 0.629. The van der Waals surface area contributed by atoms with Crippen molar-refractivity contribution < 1.29 is 4.79 Å². The summed E-state index contributed by atoms with van der Waals surface area (Å²) in [4.78, 5) is 18.6. The number of aliphatic imine (C=N–C) groups is 1. The summed E-state index contributed by atoms with van der Waals surface area (Å²) in [5, 5.41) is 6.08. The molecule has 2 aromatic carbocycles. The Labute approximate surface area is 149 Å². The van der Waals surface area contributed by atoms with Crippen LogP contribution in [-0.2, 0) is 11.3 Å². The second-order valence-corrected chi connectivity index (χ2v) is 5.87. The lowest BCUT2D eigenvalue weighted by Crippen LogP contribution is -2.39. The number of nitrogens with one attached hydrogen (secondary N) is 2. The summed E-state index contributed by atoms with van der Waals surface area (Å²) in [6, 6.07) is 17.7. The minimum absolute atomic E-state index is 0.0787. The van der Waals surface area contributed by atoms with E-state index in [4.69, 9.17) is 0 Å². The molecule has 0 spiro atoms. The summed E-state index contributed by atoms with van der Waals surface area (Å²) in [6.45, 7) is 5.67. The number of hydrogen-bond acceptors (Lipinski definition) is 2. The van der Waals surface area contributed by atoms with Gasteiger partial charge in [0.05, 0.1) is 0 Å². The molecule has 5 nitrogen and oxygen atoms in total. The molecule has 0 saturated carbocycles. The molecule has 25 heavy (non-hydrogen) atoms. The Bertz CT molecular complexity index is 713. The first-order valence-electron chi connectivity index (χ1n) is 8.49. The molecule has 0 aromatic heterocycles. The zero-order valence-corrected chi connectivity index (χ0v) is 15.1. The average molecular weight is 338 g/mol. The van der Waals surface area contributed by atoms with Crippen molar-refractivity contribution in [3.05, 3.63) is 65.7 Å². The van der Waals surface area contributed by atoms with Crippen molar-refractivity contribution in [3.8, 4) is 0 Å². The minimum Gasteiger partial charge on any atom is -0.357 e. The van der Waals surface area contributed by atoms with Crippen molar-refractivity contribution in [1.82, 2.24) is 10.2 Å². The zero-order chi connectivity index (χ0) is 18.1. The number of aryl methyl sites for hydroxylation is 1. The molecule has 5 heteroatoms. The maximum atomic E-state index is 12.1. The van der Waals surface area contributed by atoms with E-state index >= 15 is 0 Å². The van der Waals surface area contributed by atoms with E-state index in [0.29, 0.717) is 5.96 Å². The molecule has 0 heterocycles. The lowest BCUT2D eigenvalue weighted by atomic mass is 10.1. The first-order valence-corrected chi connectivity index (χ1v) is 8.49. The fraction of sp³-hybridized carbons (Fsp3) is 0.300. The van der Waals surface area contributed by atoms with Gasteiger partial charge < -0.3 is 15.5 Å². The highest BCUT2D eigenvalue weighted by molar-refractivity contribution is 5.94. The van der Waals surface area contributed by atoms with Gasteiger partial charge in [0.25, 0.3) is 0 Å². The normalized spacial score (nSPS) is 11.1. The van der Waals surface area contributed by atoms with Crippen LogP contribution in [0.5, 0.6) is 0 Å². The van der Waals surface area contributed by atoms with Crippen molar-refractivity contribution in [2.75, 3.05) is 25.5 Å². The maximum absolute atomic E-state index is 12.1. The molecule has 132 valence electrons. The Balaban J connectivity index is 1.99. The van der Waals surface area contributed by atoms with Crippen molar-refractivity contribution >= 4 is 17.6 Å².